The topological polar surface area (TPSA) is 0 Å². The SMILES string of the molecule is CC(C)C1=C(C(C)C)C(C)CC(C)(C)C1. The summed E-state index contributed by atoms with van der Waals surface area (Å²) in [6, 6.07) is 0. The summed E-state index contributed by atoms with van der Waals surface area (Å²) in [7, 11) is 0. The van der Waals surface area contributed by atoms with Crippen molar-refractivity contribution < 1.29 is 0 Å². The van der Waals surface area contributed by atoms with Crippen LogP contribution in [0.4, 0.5) is 0 Å². The highest BCUT2D eigenvalue weighted by molar-refractivity contribution is 5.25. The molecule has 0 heterocycles. The van der Waals surface area contributed by atoms with E-state index in [0.717, 1.165) is 17.8 Å². The molecule has 15 heavy (non-hydrogen) atoms. The molecule has 1 aliphatic rings. The monoisotopic (exact) mass is 208 g/mol. The number of rotatable bonds is 2. The van der Waals surface area contributed by atoms with Gasteiger partial charge in [0.05, 0.1) is 0 Å². The molecule has 0 fully saturated rings. The van der Waals surface area contributed by atoms with Crippen molar-refractivity contribution in [1.29, 1.82) is 0 Å². The van der Waals surface area contributed by atoms with Crippen LogP contribution < -0.4 is 0 Å². The Bertz CT molecular complexity index is 253. The Morgan fingerprint density at radius 3 is 2.00 bits per heavy atom. The van der Waals surface area contributed by atoms with E-state index in [2.05, 4.69) is 48.5 Å². The standard InChI is InChI=1S/C15H28/c1-10(2)13-9-15(6,7)8-12(5)14(13)11(3)4/h10-12H,8-9H2,1-7H3. The molecule has 0 amide bonds. The Labute approximate surface area is 96.2 Å². The van der Waals surface area contributed by atoms with Gasteiger partial charge in [-0.15, -0.1) is 0 Å². The molecular weight excluding hydrogens is 180 g/mol. The average Bonchev–Trinajstić information content (AvgIpc) is 1.99. The van der Waals surface area contributed by atoms with Crippen LogP contribution in [0.25, 0.3) is 0 Å². The van der Waals surface area contributed by atoms with Crippen LogP contribution in [0, 0.1) is 23.2 Å². The molecule has 1 rings (SSSR count). The van der Waals surface area contributed by atoms with Crippen molar-refractivity contribution in [3.05, 3.63) is 11.1 Å². The van der Waals surface area contributed by atoms with Crippen LogP contribution >= 0.6 is 0 Å². The summed E-state index contributed by atoms with van der Waals surface area (Å²) >= 11 is 0. The van der Waals surface area contributed by atoms with Gasteiger partial charge in [-0.3, -0.25) is 0 Å². The lowest BCUT2D eigenvalue weighted by atomic mass is 9.65. The van der Waals surface area contributed by atoms with Gasteiger partial charge in [0.2, 0.25) is 0 Å². The lowest BCUT2D eigenvalue weighted by Gasteiger charge is -2.40. The van der Waals surface area contributed by atoms with Crippen LogP contribution in [0.1, 0.15) is 61.3 Å². The van der Waals surface area contributed by atoms with E-state index in [1.807, 2.05) is 0 Å². The number of hydrogen-bond acceptors (Lipinski definition) is 0. The Kier molecular flexibility index (Phi) is 3.68. The first kappa shape index (κ1) is 12.8. The molecule has 0 radical (unpaired) electrons. The largest absolute Gasteiger partial charge is 0.0674 e. The normalized spacial score (nSPS) is 26.6. The van der Waals surface area contributed by atoms with Crippen molar-refractivity contribution in [2.24, 2.45) is 23.2 Å². The maximum absolute atomic E-state index is 2.42. The maximum Gasteiger partial charge on any atom is -0.0221 e. The zero-order valence-electron chi connectivity index (χ0n) is 11.6. The van der Waals surface area contributed by atoms with Gasteiger partial charge in [-0.25, -0.2) is 0 Å². The Morgan fingerprint density at radius 2 is 1.60 bits per heavy atom. The van der Waals surface area contributed by atoms with E-state index in [4.69, 9.17) is 0 Å². The molecular formula is C15H28. The van der Waals surface area contributed by atoms with E-state index < -0.39 is 0 Å². The minimum absolute atomic E-state index is 0.511. The zero-order chi connectivity index (χ0) is 11.8. The minimum atomic E-state index is 0.511. The lowest BCUT2D eigenvalue weighted by molar-refractivity contribution is 0.249. The van der Waals surface area contributed by atoms with E-state index in [9.17, 15) is 0 Å². The predicted octanol–water partition coefficient (Wildman–Crippen LogP) is 5.05. The van der Waals surface area contributed by atoms with Crippen molar-refractivity contribution in [3.8, 4) is 0 Å². The summed E-state index contributed by atoms with van der Waals surface area (Å²) in [4.78, 5) is 0. The van der Waals surface area contributed by atoms with Crippen molar-refractivity contribution in [2.45, 2.75) is 61.3 Å². The quantitative estimate of drug-likeness (QED) is 0.557. The van der Waals surface area contributed by atoms with E-state index in [-0.39, 0.29) is 0 Å². The van der Waals surface area contributed by atoms with Gasteiger partial charge in [0.25, 0.3) is 0 Å². The second kappa shape index (κ2) is 4.31. The molecule has 0 N–H and O–H groups in total. The third kappa shape index (κ3) is 2.86. The highest BCUT2D eigenvalue weighted by atomic mass is 14.4. The fourth-order valence-corrected chi connectivity index (χ4v) is 3.42. The molecule has 0 aromatic carbocycles. The summed E-state index contributed by atoms with van der Waals surface area (Å²) in [6.07, 6.45) is 2.67. The number of hydrogen-bond donors (Lipinski definition) is 0. The van der Waals surface area contributed by atoms with Gasteiger partial charge >= 0.3 is 0 Å². The molecule has 0 aliphatic heterocycles. The molecule has 1 unspecified atom stereocenters. The van der Waals surface area contributed by atoms with Gasteiger partial charge in [0.15, 0.2) is 0 Å². The molecule has 0 saturated carbocycles. The molecule has 0 aromatic heterocycles. The van der Waals surface area contributed by atoms with Gasteiger partial charge in [0, 0.05) is 0 Å². The zero-order valence-corrected chi connectivity index (χ0v) is 11.6. The predicted molar refractivity (Wildman–Crippen MR) is 68.9 cm³/mol. The molecule has 0 spiro atoms. The van der Waals surface area contributed by atoms with Crippen molar-refractivity contribution >= 4 is 0 Å². The molecule has 0 heteroatoms. The first-order chi connectivity index (χ1) is 6.74. The van der Waals surface area contributed by atoms with Gasteiger partial charge < -0.3 is 0 Å². The average molecular weight is 208 g/mol. The maximum atomic E-state index is 2.42. The molecule has 88 valence electrons. The summed E-state index contributed by atoms with van der Waals surface area (Å²) in [5, 5.41) is 0. The highest BCUT2D eigenvalue weighted by Gasteiger charge is 2.33. The fraction of sp³-hybridized carbons (Fsp3) is 0.867. The van der Waals surface area contributed by atoms with Crippen LogP contribution in [-0.2, 0) is 0 Å². The number of allylic oxidation sites excluding steroid dienone is 2. The van der Waals surface area contributed by atoms with E-state index in [1.54, 1.807) is 11.1 Å². The van der Waals surface area contributed by atoms with E-state index >= 15 is 0 Å². The van der Waals surface area contributed by atoms with Crippen LogP contribution in [0.5, 0.6) is 0 Å². The Morgan fingerprint density at radius 1 is 1.07 bits per heavy atom. The summed E-state index contributed by atoms with van der Waals surface area (Å²) in [5.74, 6) is 2.24. The van der Waals surface area contributed by atoms with Crippen LogP contribution in [0.3, 0.4) is 0 Å². The van der Waals surface area contributed by atoms with Gasteiger partial charge in [-0.2, -0.15) is 0 Å². The Balaban J connectivity index is 3.11. The summed E-state index contributed by atoms with van der Waals surface area (Å²) in [6.45, 7) is 16.7. The first-order valence-corrected chi connectivity index (χ1v) is 6.47. The van der Waals surface area contributed by atoms with Crippen LogP contribution in [0.15, 0.2) is 11.1 Å². The third-order valence-electron chi connectivity index (χ3n) is 3.75. The fourth-order valence-electron chi connectivity index (χ4n) is 3.42. The van der Waals surface area contributed by atoms with Crippen LogP contribution in [0.2, 0.25) is 0 Å². The first-order valence-electron chi connectivity index (χ1n) is 6.47. The summed E-state index contributed by atoms with van der Waals surface area (Å²) in [5.41, 5.74) is 4.01. The van der Waals surface area contributed by atoms with E-state index in [1.165, 1.54) is 12.8 Å². The van der Waals surface area contributed by atoms with Crippen LogP contribution in [-0.4, -0.2) is 0 Å². The molecule has 0 aromatic rings. The second-order valence-electron chi connectivity index (χ2n) is 6.74. The minimum Gasteiger partial charge on any atom is -0.0674 e. The third-order valence-corrected chi connectivity index (χ3v) is 3.75. The molecule has 1 atom stereocenters. The van der Waals surface area contributed by atoms with Crippen molar-refractivity contribution in [3.63, 3.8) is 0 Å². The molecule has 0 nitrogen and oxygen atoms in total. The van der Waals surface area contributed by atoms with Gasteiger partial charge in [0.1, 0.15) is 0 Å². The van der Waals surface area contributed by atoms with Gasteiger partial charge in [-0.1, -0.05) is 59.6 Å². The smallest absolute Gasteiger partial charge is 0.0221 e. The lowest BCUT2D eigenvalue weighted by Crippen LogP contribution is -2.27. The summed E-state index contributed by atoms with van der Waals surface area (Å²) < 4.78 is 0. The van der Waals surface area contributed by atoms with Gasteiger partial charge in [-0.05, 0) is 36.0 Å². The Hall–Kier alpha value is -0.260. The van der Waals surface area contributed by atoms with E-state index in [0.29, 0.717) is 5.41 Å². The van der Waals surface area contributed by atoms with Crippen molar-refractivity contribution in [2.75, 3.05) is 0 Å². The molecule has 0 saturated heterocycles. The molecule has 0 bridgehead atoms. The second-order valence-corrected chi connectivity index (χ2v) is 6.74. The highest BCUT2D eigenvalue weighted by Crippen LogP contribution is 2.46. The molecule has 1 aliphatic carbocycles. The van der Waals surface area contributed by atoms with Crippen molar-refractivity contribution in [1.82, 2.24) is 0 Å².